The summed E-state index contributed by atoms with van der Waals surface area (Å²) in [5.74, 6) is 0. The number of hydrogen-bond acceptors (Lipinski definition) is 1. The molecule has 1 nitrogen and oxygen atoms in total. The maximum absolute atomic E-state index is 6.25. The molecule has 3 heteroatoms. The van der Waals surface area contributed by atoms with Gasteiger partial charge in [0.25, 0.3) is 0 Å². The Bertz CT molecular complexity index is 12.8. The summed E-state index contributed by atoms with van der Waals surface area (Å²) in [7, 11) is 0. The van der Waals surface area contributed by atoms with Crippen LogP contribution in [0.2, 0.25) is 0 Å². The normalized spacial score (nSPS) is 0.500. The van der Waals surface area contributed by atoms with E-state index >= 15 is 0 Å². The van der Waals surface area contributed by atoms with Gasteiger partial charge in [-0.05, 0) is 0 Å². The van der Waals surface area contributed by atoms with E-state index in [0.29, 0.717) is 0 Å². The molecule has 0 radical (unpaired) electrons. The van der Waals surface area contributed by atoms with Crippen molar-refractivity contribution in [3.8, 4) is 0 Å². The predicted octanol–water partition coefficient (Wildman–Crippen LogP) is -2.90. The molecule has 0 fully saturated rings. The van der Waals surface area contributed by atoms with Gasteiger partial charge in [-0.3, -0.25) is 0 Å². The number of rotatable bonds is 0. The molecular weight excluding hydrogens is 91.9 g/mol. The molecule has 0 unspecified atom stereocenters. The molecule has 0 spiro atoms. The Labute approximate surface area is 47.7 Å². The van der Waals surface area contributed by atoms with Crippen LogP contribution in [0.5, 0.6) is 0 Å². The molecule has 0 aliphatic rings. The van der Waals surface area contributed by atoms with Crippen LogP contribution < -0.4 is 18.9 Å². The summed E-state index contributed by atoms with van der Waals surface area (Å²) in [4.78, 5) is 0. The van der Waals surface area contributed by atoms with Gasteiger partial charge in [0.05, 0.1) is 0 Å². The summed E-state index contributed by atoms with van der Waals surface area (Å²) in [6, 6.07) is 0. The Morgan fingerprint density at radius 1 is 1.25 bits per heavy atom. The first-order chi connectivity index (χ1) is 1.00. The molecule has 0 aliphatic heterocycles. The molecule has 0 atom stereocenters. The first-order valence-electron chi connectivity index (χ1n) is 0.224. The smallest absolute Gasteiger partial charge is 0.512 e. The molecule has 0 aromatic carbocycles. The van der Waals surface area contributed by atoms with Crippen LogP contribution in [-0.2, 0) is 16.8 Å². The van der Waals surface area contributed by atoms with Crippen LogP contribution in [0.4, 0.5) is 0 Å². The number of hydrogen-bond donors (Lipinski definition) is 0. The van der Waals surface area contributed by atoms with Gasteiger partial charge < -0.3 is 11.8 Å². The van der Waals surface area contributed by atoms with E-state index in [-0.39, 0.29) is 35.6 Å². The quantitative estimate of drug-likeness (QED) is 0.232. The van der Waals surface area contributed by atoms with Gasteiger partial charge in [0.2, 0.25) is 0 Å². The Morgan fingerprint density at radius 3 is 1.25 bits per heavy atom. The van der Waals surface area contributed by atoms with Crippen LogP contribution in [0.25, 0.3) is 0 Å². The predicted molar refractivity (Wildman–Crippen MR) is 4.97 cm³/mol. The average molecular weight is 91.9 g/mol. The van der Waals surface area contributed by atoms with Crippen molar-refractivity contribution in [1.29, 1.82) is 5.26 Å². The van der Waals surface area contributed by atoms with Gasteiger partial charge in [0.1, 0.15) is 0 Å². The second kappa shape index (κ2) is 68.6. The molecule has 0 bridgehead atoms. The van der Waals surface area contributed by atoms with Gasteiger partial charge in [-0.15, -0.1) is 0 Å². The van der Waals surface area contributed by atoms with Gasteiger partial charge in [-0.25, -0.2) is 0 Å². The molecule has 0 N–H and O–H groups in total. The van der Waals surface area contributed by atoms with E-state index in [2.05, 4.69) is 0 Å². The van der Waals surface area contributed by atoms with Gasteiger partial charge in [-0.1, -0.05) is 0 Å². The van der Waals surface area contributed by atoms with Crippen molar-refractivity contribution in [2.24, 2.45) is 0 Å². The Kier molecular flexibility index (Phi) is 400. The molecule has 0 aromatic rings. The van der Waals surface area contributed by atoms with Crippen molar-refractivity contribution >= 4 is 0 Å². The molecule has 0 rings (SSSR count). The van der Waals surface area contributed by atoms with Crippen LogP contribution in [0, 0.1) is 11.8 Å². The van der Waals surface area contributed by atoms with E-state index < -0.39 is 0 Å². The molecule has 0 amide bonds. The van der Waals surface area contributed by atoms with Crippen molar-refractivity contribution in [2.75, 3.05) is 0 Å². The van der Waals surface area contributed by atoms with Crippen LogP contribution >= 0.6 is 0 Å². The van der Waals surface area contributed by atoms with Crippen molar-refractivity contribution < 1.29 is 35.6 Å². The maximum Gasteiger partial charge on any atom is 3.00 e. The fraction of sp³-hybridized carbons (Fsp3) is 0. The van der Waals surface area contributed by atoms with Crippen LogP contribution in [-0.4, -0.2) is 0 Å². The third-order valence-electron chi connectivity index (χ3n) is 0. The second-order valence-electron chi connectivity index (χ2n) is 0. The maximum atomic E-state index is 6.25. The van der Waals surface area contributed by atoms with E-state index in [1.807, 2.05) is 0 Å². The van der Waals surface area contributed by atoms with Gasteiger partial charge in [0.15, 0.2) is 0 Å². The molecule has 4 heavy (non-hydrogen) atoms. The molecule has 0 aliphatic carbocycles. The average Bonchev–Trinajstić information content (AvgIpc) is 1.00. The summed E-state index contributed by atoms with van der Waals surface area (Å²) in [5.41, 5.74) is 0. The van der Waals surface area contributed by atoms with Crippen LogP contribution in [0.3, 0.4) is 0 Å². The summed E-state index contributed by atoms with van der Waals surface area (Å²) in [6.07, 6.45) is 0. The standard InChI is InChI=1S/CN.Co.Li/c1-2;;/q-1;+3;+1. The number of nitrogens with zero attached hydrogens (tertiary/aromatic N) is 1. The van der Waals surface area contributed by atoms with E-state index in [4.69, 9.17) is 11.8 Å². The van der Waals surface area contributed by atoms with E-state index in [9.17, 15) is 0 Å². The Hall–Kier alpha value is 0.594. The minimum absolute atomic E-state index is 0. The third-order valence-corrected chi connectivity index (χ3v) is 0. The molecule has 16 valence electrons. The summed E-state index contributed by atoms with van der Waals surface area (Å²) in [6.45, 7) is 4.75. The summed E-state index contributed by atoms with van der Waals surface area (Å²) >= 11 is 0. The van der Waals surface area contributed by atoms with Gasteiger partial charge >= 0.3 is 35.6 Å². The fourth-order valence-corrected chi connectivity index (χ4v) is 0. The van der Waals surface area contributed by atoms with Crippen LogP contribution in [0.15, 0.2) is 0 Å². The first-order valence-corrected chi connectivity index (χ1v) is 0.224. The first kappa shape index (κ1) is 23.4. The minimum atomic E-state index is 0. The topological polar surface area (TPSA) is 23.8 Å². The van der Waals surface area contributed by atoms with Crippen LogP contribution in [0.1, 0.15) is 0 Å². The van der Waals surface area contributed by atoms with Gasteiger partial charge in [0, 0.05) is 0 Å². The zero-order chi connectivity index (χ0) is 2.00. The molecule has 0 saturated heterocycles. The zero-order valence-electron chi connectivity index (χ0n) is 2.28. The zero-order valence-corrected chi connectivity index (χ0v) is 3.32. The van der Waals surface area contributed by atoms with Crippen molar-refractivity contribution in [1.82, 2.24) is 0 Å². The van der Waals surface area contributed by atoms with E-state index in [0.717, 1.165) is 0 Å². The fourth-order valence-electron chi connectivity index (χ4n) is 0. The largest absolute Gasteiger partial charge is 3.00 e. The van der Waals surface area contributed by atoms with Crippen molar-refractivity contribution in [3.63, 3.8) is 0 Å². The summed E-state index contributed by atoms with van der Waals surface area (Å²) in [5, 5.41) is 6.25. The van der Waals surface area contributed by atoms with Crippen molar-refractivity contribution in [2.45, 2.75) is 0 Å². The SMILES string of the molecule is [C-]#N.[Co+3].[Li+]. The monoisotopic (exact) mass is 92.0 g/mol. The second-order valence-corrected chi connectivity index (χ2v) is 0. The molecule has 0 heterocycles. The van der Waals surface area contributed by atoms with Gasteiger partial charge in [-0.2, -0.15) is 0 Å². The van der Waals surface area contributed by atoms with E-state index in [1.165, 1.54) is 0 Å². The van der Waals surface area contributed by atoms with E-state index in [1.54, 1.807) is 0 Å². The third kappa shape index (κ3) is 18.7. The van der Waals surface area contributed by atoms with Crippen molar-refractivity contribution in [3.05, 3.63) is 6.57 Å². The minimum Gasteiger partial charge on any atom is -0.512 e. The molecular formula is CCoLiN+3. The molecule has 0 aromatic heterocycles. The molecule has 0 saturated carbocycles. The Balaban J connectivity index is -0.00000000500. The Morgan fingerprint density at radius 2 is 1.25 bits per heavy atom. The summed E-state index contributed by atoms with van der Waals surface area (Å²) < 4.78 is 0.